The minimum atomic E-state index is 0. The molecule has 0 N–H and O–H groups in total. The van der Waals surface area contributed by atoms with E-state index in [9.17, 15) is 4.79 Å². The van der Waals surface area contributed by atoms with Gasteiger partial charge in [0, 0.05) is 42.8 Å². The second-order valence-corrected chi connectivity index (χ2v) is 7.46. The number of carbonyl (C=O) groups is 1. The second-order valence-electron chi connectivity index (χ2n) is 6.51. The first-order valence-electron chi connectivity index (χ1n) is 8.60. The van der Waals surface area contributed by atoms with E-state index in [1.165, 1.54) is 5.39 Å². The summed E-state index contributed by atoms with van der Waals surface area (Å²) in [5.74, 6) is 0.135. The molecule has 2 aromatic carbocycles. The number of halogens is 1. The van der Waals surface area contributed by atoms with Crippen molar-refractivity contribution in [3.8, 4) is 0 Å². The molecule has 1 aliphatic rings. The van der Waals surface area contributed by atoms with Crippen molar-refractivity contribution < 1.29 is 4.79 Å². The molecular weight excluding hydrogens is 366 g/mol. The van der Waals surface area contributed by atoms with Gasteiger partial charge in [-0.15, -0.1) is 23.7 Å². The van der Waals surface area contributed by atoms with Gasteiger partial charge in [0.1, 0.15) is 5.01 Å². The maximum atomic E-state index is 12.8. The lowest BCUT2D eigenvalue weighted by Gasteiger charge is -2.34. The number of rotatable bonds is 3. The van der Waals surface area contributed by atoms with Crippen molar-refractivity contribution in [2.24, 2.45) is 0 Å². The van der Waals surface area contributed by atoms with E-state index in [0.717, 1.165) is 54.4 Å². The van der Waals surface area contributed by atoms with Crippen LogP contribution in [0, 0.1) is 6.92 Å². The van der Waals surface area contributed by atoms with Crippen molar-refractivity contribution in [2.75, 3.05) is 26.2 Å². The molecule has 0 radical (unpaired) electrons. The molecule has 0 saturated carbocycles. The van der Waals surface area contributed by atoms with Gasteiger partial charge in [0.15, 0.2) is 0 Å². The van der Waals surface area contributed by atoms with Gasteiger partial charge in [0.2, 0.25) is 0 Å². The Labute approximate surface area is 163 Å². The van der Waals surface area contributed by atoms with Crippen LogP contribution >= 0.6 is 23.7 Å². The van der Waals surface area contributed by atoms with Crippen molar-refractivity contribution in [3.05, 3.63) is 64.1 Å². The number of nitrogens with zero attached hydrogens (tertiary/aromatic N) is 3. The van der Waals surface area contributed by atoms with Crippen LogP contribution in [0.1, 0.15) is 21.1 Å². The molecule has 0 spiro atoms. The molecule has 4 rings (SSSR count). The number of piperazine rings is 1. The first-order valence-corrected chi connectivity index (χ1v) is 9.48. The van der Waals surface area contributed by atoms with Crippen LogP contribution in [0.5, 0.6) is 0 Å². The number of hydrogen-bond donors (Lipinski definition) is 0. The number of carbonyl (C=O) groups excluding carboxylic acids is 1. The first-order chi connectivity index (χ1) is 12.2. The molecule has 1 aromatic heterocycles. The summed E-state index contributed by atoms with van der Waals surface area (Å²) in [5.41, 5.74) is 1.87. The van der Waals surface area contributed by atoms with E-state index < -0.39 is 0 Å². The zero-order chi connectivity index (χ0) is 17.2. The van der Waals surface area contributed by atoms with Gasteiger partial charge in [-0.05, 0) is 29.8 Å². The minimum Gasteiger partial charge on any atom is -0.336 e. The maximum absolute atomic E-state index is 12.8. The molecule has 0 unspecified atom stereocenters. The monoisotopic (exact) mass is 387 g/mol. The highest BCUT2D eigenvalue weighted by Crippen LogP contribution is 2.18. The number of hydrogen-bond acceptors (Lipinski definition) is 4. The Hall–Kier alpha value is -1.95. The molecule has 26 heavy (non-hydrogen) atoms. The maximum Gasteiger partial charge on any atom is 0.253 e. The van der Waals surface area contributed by atoms with Crippen molar-refractivity contribution in [2.45, 2.75) is 13.5 Å². The molecule has 0 aliphatic carbocycles. The van der Waals surface area contributed by atoms with Crippen molar-refractivity contribution >= 4 is 40.4 Å². The predicted octanol–water partition coefficient (Wildman–Crippen LogP) is 3.98. The molecule has 0 bridgehead atoms. The van der Waals surface area contributed by atoms with Gasteiger partial charge in [-0.2, -0.15) is 0 Å². The number of fused-ring (bicyclic) bond motifs is 1. The van der Waals surface area contributed by atoms with Gasteiger partial charge < -0.3 is 4.90 Å². The Morgan fingerprint density at radius 2 is 1.81 bits per heavy atom. The molecule has 1 aliphatic heterocycles. The zero-order valence-corrected chi connectivity index (χ0v) is 16.4. The van der Waals surface area contributed by atoms with Gasteiger partial charge >= 0.3 is 0 Å². The van der Waals surface area contributed by atoms with E-state index in [2.05, 4.69) is 27.4 Å². The molecule has 1 amide bonds. The molecule has 6 heteroatoms. The van der Waals surface area contributed by atoms with Crippen molar-refractivity contribution in [3.63, 3.8) is 0 Å². The molecule has 136 valence electrons. The molecule has 2 heterocycles. The van der Waals surface area contributed by atoms with E-state index in [4.69, 9.17) is 0 Å². The fraction of sp³-hybridized carbons (Fsp3) is 0.300. The third kappa shape index (κ3) is 4.06. The standard InChI is InChI=1S/C20H21N3OS.ClH/c1-15-14-25-19(21-15)13-22-8-10-23(11-9-22)20(24)18-7-6-16-4-2-3-5-17(16)12-18;/h2-7,12,14H,8-11,13H2,1H3;1H. The van der Waals surface area contributed by atoms with Crippen LogP contribution in [0.4, 0.5) is 0 Å². The Bertz CT molecular complexity index is 903. The fourth-order valence-corrected chi connectivity index (χ4v) is 4.09. The molecule has 3 aromatic rings. The van der Waals surface area contributed by atoms with Crippen LogP contribution in [-0.4, -0.2) is 46.9 Å². The van der Waals surface area contributed by atoms with Gasteiger partial charge in [-0.3, -0.25) is 9.69 Å². The number of thiazole rings is 1. The average Bonchev–Trinajstić information content (AvgIpc) is 3.06. The summed E-state index contributed by atoms with van der Waals surface area (Å²) < 4.78 is 0. The lowest BCUT2D eigenvalue weighted by molar-refractivity contribution is 0.0628. The fourth-order valence-electron chi connectivity index (χ4n) is 3.28. The number of benzene rings is 2. The zero-order valence-electron chi connectivity index (χ0n) is 14.7. The van der Waals surface area contributed by atoms with Crippen LogP contribution in [-0.2, 0) is 6.54 Å². The van der Waals surface area contributed by atoms with Gasteiger partial charge in [-0.25, -0.2) is 4.98 Å². The molecule has 4 nitrogen and oxygen atoms in total. The van der Waals surface area contributed by atoms with Crippen LogP contribution in [0.15, 0.2) is 47.8 Å². The highest BCUT2D eigenvalue weighted by Gasteiger charge is 2.22. The number of aryl methyl sites for hydroxylation is 1. The topological polar surface area (TPSA) is 36.4 Å². The molecule has 1 fully saturated rings. The Morgan fingerprint density at radius 3 is 2.50 bits per heavy atom. The summed E-state index contributed by atoms with van der Waals surface area (Å²) in [5, 5.41) is 5.54. The lowest BCUT2D eigenvalue weighted by Crippen LogP contribution is -2.48. The smallest absolute Gasteiger partial charge is 0.253 e. The van der Waals surface area contributed by atoms with E-state index in [1.54, 1.807) is 11.3 Å². The number of aromatic nitrogens is 1. The Balaban J connectivity index is 0.00000196. The van der Waals surface area contributed by atoms with Crippen molar-refractivity contribution in [1.29, 1.82) is 0 Å². The highest BCUT2D eigenvalue weighted by atomic mass is 35.5. The van der Waals surface area contributed by atoms with Crippen LogP contribution in [0.2, 0.25) is 0 Å². The number of amides is 1. The minimum absolute atomic E-state index is 0. The van der Waals surface area contributed by atoms with Crippen LogP contribution in [0.25, 0.3) is 10.8 Å². The third-order valence-corrected chi connectivity index (χ3v) is 5.63. The SMILES string of the molecule is Cc1csc(CN2CCN(C(=O)c3ccc4ccccc4c3)CC2)n1.Cl. The normalized spacial score (nSPS) is 15.0. The highest BCUT2D eigenvalue weighted by molar-refractivity contribution is 7.09. The summed E-state index contributed by atoms with van der Waals surface area (Å²) in [7, 11) is 0. The summed E-state index contributed by atoms with van der Waals surface area (Å²) >= 11 is 1.71. The van der Waals surface area contributed by atoms with Crippen molar-refractivity contribution in [1.82, 2.24) is 14.8 Å². The molecular formula is C20H22ClN3OS. The van der Waals surface area contributed by atoms with Gasteiger partial charge in [0.25, 0.3) is 5.91 Å². The predicted molar refractivity (Wildman–Crippen MR) is 109 cm³/mol. The van der Waals surface area contributed by atoms with Crippen LogP contribution < -0.4 is 0 Å². The van der Waals surface area contributed by atoms with Gasteiger partial charge in [0.05, 0.1) is 6.54 Å². The summed E-state index contributed by atoms with van der Waals surface area (Å²) in [6, 6.07) is 14.1. The third-order valence-electron chi connectivity index (χ3n) is 4.68. The summed E-state index contributed by atoms with van der Waals surface area (Å²) in [6.45, 7) is 6.26. The van der Waals surface area contributed by atoms with E-state index in [-0.39, 0.29) is 18.3 Å². The van der Waals surface area contributed by atoms with E-state index >= 15 is 0 Å². The Kier molecular flexibility index (Phi) is 5.91. The van der Waals surface area contributed by atoms with Gasteiger partial charge in [-0.1, -0.05) is 30.3 Å². The quantitative estimate of drug-likeness (QED) is 0.681. The largest absolute Gasteiger partial charge is 0.336 e. The summed E-state index contributed by atoms with van der Waals surface area (Å²) in [4.78, 5) is 21.7. The van der Waals surface area contributed by atoms with Crippen LogP contribution in [0.3, 0.4) is 0 Å². The van der Waals surface area contributed by atoms with E-state index in [0.29, 0.717) is 0 Å². The average molecular weight is 388 g/mol. The summed E-state index contributed by atoms with van der Waals surface area (Å²) in [6.07, 6.45) is 0. The van der Waals surface area contributed by atoms with E-state index in [1.807, 2.05) is 42.2 Å². The Morgan fingerprint density at radius 1 is 1.08 bits per heavy atom. The molecule has 1 saturated heterocycles. The lowest BCUT2D eigenvalue weighted by atomic mass is 10.1. The second kappa shape index (κ2) is 8.16. The first kappa shape index (κ1) is 18.8. The molecule has 0 atom stereocenters.